The number of amides is 1. The smallest absolute Gasteiger partial charge is 0.300 e. The molecule has 1 N–H and O–H groups in total. The number of aromatic nitrogens is 1. The van der Waals surface area contributed by atoms with Crippen LogP contribution in [0.2, 0.25) is 5.15 Å². The first-order valence-corrected chi connectivity index (χ1v) is 5.63. The van der Waals surface area contributed by atoms with Crippen molar-refractivity contribution in [2.45, 2.75) is 13.3 Å². The first-order chi connectivity index (χ1) is 8.56. The molecule has 0 fully saturated rings. The van der Waals surface area contributed by atoms with Crippen molar-refractivity contribution < 1.29 is 9.72 Å². The average Bonchev–Trinajstić information content (AvgIpc) is 2.34. The van der Waals surface area contributed by atoms with Gasteiger partial charge in [-0.25, -0.2) is 4.98 Å². The molecule has 7 heteroatoms. The Kier molecular flexibility index (Phi) is 5.26. The van der Waals surface area contributed by atoms with Gasteiger partial charge in [0.15, 0.2) is 0 Å². The summed E-state index contributed by atoms with van der Waals surface area (Å²) in [5.74, 6) is -0.532. The quantitative estimate of drug-likeness (QED) is 0.292. The molecule has 0 aliphatic carbocycles. The molecule has 18 heavy (non-hydrogen) atoms. The normalized spacial score (nSPS) is 10.6. The van der Waals surface area contributed by atoms with E-state index in [-0.39, 0.29) is 16.4 Å². The lowest BCUT2D eigenvalue weighted by atomic mass is 10.2. The summed E-state index contributed by atoms with van der Waals surface area (Å²) in [5, 5.41) is 13.4. The number of nitrogens with zero attached hydrogens (tertiary/aromatic N) is 2. The minimum atomic E-state index is -0.663. The molecule has 96 valence electrons. The SMILES string of the molecule is C/C=C/CCNC(=O)c1cc(Cl)ncc1[N+](=O)[O-]. The Balaban J connectivity index is 2.83. The van der Waals surface area contributed by atoms with Crippen molar-refractivity contribution in [1.29, 1.82) is 0 Å². The Morgan fingerprint density at radius 3 is 3.00 bits per heavy atom. The van der Waals surface area contributed by atoms with Crippen LogP contribution in [0.3, 0.4) is 0 Å². The molecule has 0 atom stereocenters. The summed E-state index contributed by atoms with van der Waals surface area (Å²) in [5.41, 5.74) is -0.441. The van der Waals surface area contributed by atoms with Gasteiger partial charge in [0.05, 0.1) is 4.92 Å². The molecule has 6 nitrogen and oxygen atoms in total. The number of hydrogen-bond acceptors (Lipinski definition) is 4. The lowest BCUT2D eigenvalue weighted by Gasteiger charge is -2.04. The Morgan fingerprint density at radius 2 is 2.39 bits per heavy atom. The zero-order valence-corrected chi connectivity index (χ0v) is 10.5. The highest BCUT2D eigenvalue weighted by atomic mass is 35.5. The summed E-state index contributed by atoms with van der Waals surface area (Å²) in [6.07, 6.45) is 5.38. The molecular weight excluding hydrogens is 258 g/mol. The van der Waals surface area contributed by atoms with Crippen molar-refractivity contribution >= 4 is 23.2 Å². The molecule has 1 aromatic rings. The van der Waals surface area contributed by atoms with Crippen molar-refractivity contribution in [3.8, 4) is 0 Å². The molecule has 1 amide bonds. The first-order valence-electron chi connectivity index (χ1n) is 5.25. The molecule has 0 radical (unpaired) electrons. The van der Waals surface area contributed by atoms with Crippen LogP contribution in [-0.4, -0.2) is 22.4 Å². The van der Waals surface area contributed by atoms with E-state index >= 15 is 0 Å². The summed E-state index contributed by atoms with van der Waals surface area (Å²) >= 11 is 5.62. The van der Waals surface area contributed by atoms with Crippen LogP contribution in [0, 0.1) is 10.1 Å². The van der Waals surface area contributed by atoms with Crippen LogP contribution in [0.1, 0.15) is 23.7 Å². The standard InChI is InChI=1S/C11H12ClN3O3/c1-2-3-4-5-13-11(16)8-6-10(12)14-7-9(8)15(17)18/h2-3,6-7H,4-5H2,1H3,(H,13,16)/b3-2+. The number of halogens is 1. The molecule has 0 aromatic carbocycles. The van der Waals surface area contributed by atoms with E-state index in [2.05, 4.69) is 10.3 Å². The van der Waals surface area contributed by atoms with E-state index in [0.717, 1.165) is 6.20 Å². The predicted molar refractivity (Wildman–Crippen MR) is 67.7 cm³/mol. The highest BCUT2D eigenvalue weighted by Crippen LogP contribution is 2.20. The second kappa shape index (κ2) is 6.70. The van der Waals surface area contributed by atoms with Gasteiger partial charge in [-0.2, -0.15) is 0 Å². The molecule has 0 bridgehead atoms. The van der Waals surface area contributed by atoms with Crippen LogP contribution in [0.5, 0.6) is 0 Å². The second-order valence-corrected chi connectivity index (χ2v) is 3.78. The molecular formula is C11H12ClN3O3. The van der Waals surface area contributed by atoms with E-state index in [1.165, 1.54) is 6.07 Å². The summed E-state index contributed by atoms with van der Waals surface area (Å²) in [4.78, 5) is 25.4. The Labute approximate surface area is 109 Å². The maximum atomic E-state index is 11.8. The van der Waals surface area contributed by atoms with E-state index < -0.39 is 10.8 Å². The molecule has 0 spiro atoms. The number of nitrogens with one attached hydrogen (secondary N) is 1. The van der Waals surface area contributed by atoms with Crippen LogP contribution >= 0.6 is 11.6 Å². The minimum absolute atomic E-state index is 0.0409. The van der Waals surface area contributed by atoms with Crippen LogP contribution in [0.15, 0.2) is 24.4 Å². The van der Waals surface area contributed by atoms with Crippen LogP contribution in [0.25, 0.3) is 0 Å². The number of rotatable bonds is 5. The molecule has 0 unspecified atom stereocenters. The monoisotopic (exact) mass is 269 g/mol. The van der Waals surface area contributed by atoms with Crippen LogP contribution in [0.4, 0.5) is 5.69 Å². The first kappa shape index (κ1) is 14.1. The fourth-order valence-corrected chi connectivity index (χ4v) is 1.44. The Bertz CT molecular complexity index is 488. The third-order valence-corrected chi connectivity index (χ3v) is 2.33. The van der Waals surface area contributed by atoms with E-state index in [0.29, 0.717) is 13.0 Å². The third kappa shape index (κ3) is 3.81. The molecule has 0 saturated heterocycles. The highest BCUT2D eigenvalue weighted by Gasteiger charge is 2.20. The minimum Gasteiger partial charge on any atom is -0.352 e. The summed E-state index contributed by atoms with van der Waals surface area (Å²) < 4.78 is 0. The second-order valence-electron chi connectivity index (χ2n) is 3.39. The van der Waals surface area contributed by atoms with Crippen molar-refractivity contribution in [3.05, 3.63) is 45.2 Å². The predicted octanol–water partition coefficient (Wildman–Crippen LogP) is 2.34. The van der Waals surface area contributed by atoms with E-state index in [9.17, 15) is 14.9 Å². The van der Waals surface area contributed by atoms with Crippen molar-refractivity contribution in [1.82, 2.24) is 10.3 Å². The van der Waals surface area contributed by atoms with E-state index in [1.807, 2.05) is 19.1 Å². The Morgan fingerprint density at radius 1 is 1.67 bits per heavy atom. The fourth-order valence-electron chi connectivity index (χ4n) is 1.28. The third-order valence-electron chi connectivity index (χ3n) is 2.12. The molecule has 1 rings (SSSR count). The Hall–Kier alpha value is -1.95. The van der Waals surface area contributed by atoms with Gasteiger partial charge in [0.25, 0.3) is 11.6 Å². The van der Waals surface area contributed by atoms with Gasteiger partial charge in [-0.3, -0.25) is 14.9 Å². The van der Waals surface area contributed by atoms with Crippen molar-refractivity contribution in [2.75, 3.05) is 6.54 Å². The number of carbonyl (C=O) groups is 1. The maximum Gasteiger partial charge on any atom is 0.300 e. The zero-order valence-electron chi connectivity index (χ0n) is 9.72. The van der Waals surface area contributed by atoms with Gasteiger partial charge in [0.2, 0.25) is 0 Å². The summed E-state index contributed by atoms with van der Waals surface area (Å²) in [6, 6.07) is 1.19. The number of carbonyl (C=O) groups excluding carboxylic acids is 1. The molecule has 0 saturated carbocycles. The topological polar surface area (TPSA) is 85.1 Å². The number of nitro groups is 1. The number of pyridine rings is 1. The van der Waals surface area contributed by atoms with Crippen molar-refractivity contribution in [2.24, 2.45) is 0 Å². The largest absolute Gasteiger partial charge is 0.352 e. The van der Waals surface area contributed by atoms with Gasteiger partial charge >= 0.3 is 0 Å². The highest BCUT2D eigenvalue weighted by molar-refractivity contribution is 6.29. The van der Waals surface area contributed by atoms with Crippen LogP contribution < -0.4 is 5.32 Å². The summed E-state index contributed by atoms with van der Waals surface area (Å²) in [6.45, 7) is 2.27. The average molecular weight is 270 g/mol. The van der Waals surface area contributed by atoms with Gasteiger partial charge < -0.3 is 5.32 Å². The number of allylic oxidation sites excluding steroid dienone is 1. The number of hydrogen-bond donors (Lipinski definition) is 1. The summed E-state index contributed by atoms with van der Waals surface area (Å²) in [7, 11) is 0. The zero-order chi connectivity index (χ0) is 13.5. The van der Waals surface area contributed by atoms with Gasteiger partial charge in [0, 0.05) is 6.54 Å². The lowest BCUT2D eigenvalue weighted by molar-refractivity contribution is -0.385. The van der Waals surface area contributed by atoms with Gasteiger partial charge in [-0.1, -0.05) is 23.8 Å². The maximum absolute atomic E-state index is 11.8. The molecule has 1 heterocycles. The lowest BCUT2D eigenvalue weighted by Crippen LogP contribution is -2.25. The van der Waals surface area contributed by atoms with Gasteiger partial charge in [0.1, 0.15) is 16.9 Å². The molecule has 0 aliphatic heterocycles. The van der Waals surface area contributed by atoms with Gasteiger partial charge in [-0.15, -0.1) is 0 Å². The van der Waals surface area contributed by atoms with E-state index in [1.54, 1.807) is 0 Å². The fraction of sp³-hybridized carbons (Fsp3) is 0.273. The molecule has 0 aliphatic rings. The van der Waals surface area contributed by atoms with Crippen molar-refractivity contribution in [3.63, 3.8) is 0 Å². The van der Waals surface area contributed by atoms with Gasteiger partial charge in [-0.05, 0) is 19.4 Å². The van der Waals surface area contributed by atoms with E-state index in [4.69, 9.17) is 11.6 Å². The van der Waals surface area contributed by atoms with Crippen LogP contribution in [-0.2, 0) is 0 Å². The molecule has 1 aromatic heterocycles.